The number of nitrogens with zero attached hydrogens (tertiary/aromatic N) is 2. The van der Waals surface area contributed by atoms with E-state index in [1.807, 2.05) is 22.9 Å². The number of hydrogen-bond acceptors (Lipinski definition) is 4. The zero-order valence-corrected chi connectivity index (χ0v) is 17.6. The molecule has 1 amide bonds. The molecule has 1 N–H and O–H groups in total. The summed E-state index contributed by atoms with van der Waals surface area (Å²) < 4.78 is 29.9. The molecule has 2 aromatic carbocycles. The van der Waals surface area contributed by atoms with Crippen molar-refractivity contribution in [1.29, 1.82) is 0 Å². The summed E-state index contributed by atoms with van der Waals surface area (Å²) in [5.41, 5.74) is 0.698. The first kappa shape index (κ1) is 19.1. The van der Waals surface area contributed by atoms with E-state index in [1.54, 1.807) is 10.6 Å². The lowest BCUT2D eigenvalue weighted by Gasteiger charge is -2.07. The lowest BCUT2D eigenvalue weighted by Crippen LogP contribution is -2.31. The van der Waals surface area contributed by atoms with Gasteiger partial charge in [-0.2, -0.15) is 0 Å². The first-order valence-electron chi connectivity index (χ1n) is 7.08. The number of amides is 1. The van der Waals surface area contributed by atoms with Crippen LogP contribution < -0.4 is 4.72 Å². The number of nitrogens with one attached hydrogen (secondary N) is 1. The molecule has 0 spiro atoms. The Morgan fingerprint density at radius 3 is 2.42 bits per heavy atom. The van der Waals surface area contributed by atoms with E-state index < -0.39 is 15.9 Å². The maximum absolute atomic E-state index is 12.3. The fourth-order valence-electron chi connectivity index (χ4n) is 2.16. The quantitative estimate of drug-likeness (QED) is 0.561. The predicted octanol–water partition coefficient (Wildman–Crippen LogP) is 4.17. The molecule has 0 bridgehead atoms. The SMILES string of the molecule is O=C(NS(=O)(=O)c1ccccc1Cl)c1cn(-c2cc(Br)cc(Br)c2)cn1. The summed E-state index contributed by atoms with van der Waals surface area (Å²) in [4.78, 5) is 16.1. The number of sulfonamides is 1. The third kappa shape index (κ3) is 4.17. The summed E-state index contributed by atoms with van der Waals surface area (Å²) in [6.45, 7) is 0. The number of hydrogen-bond donors (Lipinski definition) is 1. The van der Waals surface area contributed by atoms with Gasteiger partial charge in [0.15, 0.2) is 0 Å². The van der Waals surface area contributed by atoms with Crippen LogP contribution in [-0.2, 0) is 10.0 Å². The fraction of sp³-hybridized carbons (Fsp3) is 0. The zero-order valence-electron chi connectivity index (χ0n) is 12.9. The maximum atomic E-state index is 12.3. The third-order valence-electron chi connectivity index (χ3n) is 3.31. The van der Waals surface area contributed by atoms with Crippen LogP contribution in [0.5, 0.6) is 0 Å². The van der Waals surface area contributed by atoms with Crippen LogP contribution in [0.25, 0.3) is 5.69 Å². The first-order valence-corrected chi connectivity index (χ1v) is 10.5. The molecule has 0 atom stereocenters. The molecular formula is C16H10Br2ClN3O3S. The molecule has 0 unspecified atom stereocenters. The Hall–Kier alpha value is -1.68. The van der Waals surface area contributed by atoms with Crippen molar-refractivity contribution in [2.24, 2.45) is 0 Å². The molecule has 26 heavy (non-hydrogen) atoms. The predicted molar refractivity (Wildman–Crippen MR) is 105 cm³/mol. The van der Waals surface area contributed by atoms with Crippen molar-refractivity contribution < 1.29 is 13.2 Å². The van der Waals surface area contributed by atoms with Gasteiger partial charge in [0.2, 0.25) is 0 Å². The highest BCUT2D eigenvalue weighted by Gasteiger charge is 2.22. The van der Waals surface area contributed by atoms with E-state index in [9.17, 15) is 13.2 Å². The molecule has 134 valence electrons. The molecular weight excluding hydrogens is 510 g/mol. The van der Waals surface area contributed by atoms with Crippen molar-refractivity contribution in [3.63, 3.8) is 0 Å². The summed E-state index contributed by atoms with van der Waals surface area (Å²) in [6, 6.07) is 11.4. The molecule has 1 aromatic heterocycles. The second kappa shape index (κ2) is 7.51. The summed E-state index contributed by atoms with van der Waals surface area (Å²) >= 11 is 12.7. The summed E-state index contributed by atoms with van der Waals surface area (Å²) in [5, 5.41) is 0.0253. The Kier molecular flexibility index (Phi) is 5.52. The third-order valence-corrected chi connectivity index (χ3v) is 6.06. The smallest absolute Gasteiger partial charge is 0.285 e. The first-order chi connectivity index (χ1) is 12.3. The van der Waals surface area contributed by atoms with Crippen molar-refractivity contribution >= 4 is 59.4 Å². The van der Waals surface area contributed by atoms with E-state index in [4.69, 9.17) is 11.6 Å². The van der Waals surface area contributed by atoms with Crippen molar-refractivity contribution in [3.05, 3.63) is 74.7 Å². The van der Waals surface area contributed by atoms with Gasteiger partial charge in [0.25, 0.3) is 15.9 Å². The highest BCUT2D eigenvalue weighted by Crippen LogP contribution is 2.23. The highest BCUT2D eigenvalue weighted by atomic mass is 79.9. The maximum Gasteiger partial charge on any atom is 0.285 e. The van der Waals surface area contributed by atoms with Gasteiger partial charge in [-0.05, 0) is 30.3 Å². The van der Waals surface area contributed by atoms with Crippen molar-refractivity contribution in [2.75, 3.05) is 0 Å². The zero-order chi connectivity index (χ0) is 18.9. The number of halogens is 3. The molecule has 0 saturated heterocycles. The highest BCUT2D eigenvalue weighted by molar-refractivity contribution is 9.11. The van der Waals surface area contributed by atoms with Gasteiger partial charge in [-0.1, -0.05) is 55.6 Å². The van der Waals surface area contributed by atoms with E-state index in [0.717, 1.165) is 14.6 Å². The van der Waals surface area contributed by atoms with E-state index >= 15 is 0 Å². The number of carbonyl (C=O) groups is 1. The summed E-state index contributed by atoms with van der Waals surface area (Å²) in [5.74, 6) is -0.849. The van der Waals surface area contributed by atoms with Crippen LogP contribution in [0.15, 0.2) is 68.8 Å². The standard InChI is InChI=1S/C16H10Br2ClN3O3S/c17-10-5-11(18)7-12(6-10)22-8-14(20-9-22)16(23)21-26(24,25)15-4-2-1-3-13(15)19/h1-9H,(H,21,23). The Balaban J connectivity index is 1.86. The van der Waals surface area contributed by atoms with Gasteiger partial charge >= 0.3 is 0 Å². The lowest BCUT2D eigenvalue weighted by atomic mass is 10.3. The minimum Gasteiger partial charge on any atom is -0.305 e. The fourth-order valence-corrected chi connectivity index (χ4v) is 4.91. The molecule has 0 fully saturated rings. The number of aromatic nitrogens is 2. The van der Waals surface area contributed by atoms with Crippen LogP contribution in [0.3, 0.4) is 0 Å². The van der Waals surface area contributed by atoms with Crippen molar-refractivity contribution in [3.8, 4) is 5.69 Å². The number of imidazole rings is 1. The van der Waals surface area contributed by atoms with Crippen LogP contribution in [0.1, 0.15) is 10.5 Å². The van der Waals surface area contributed by atoms with E-state index in [2.05, 4.69) is 36.8 Å². The molecule has 0 saturated carbocycles. The minimum absolute atomic E-state index is 0.0253. The molecule has 10 heteroatoms. The van der Waals surface area contributed by atoms with E-state index in [1.165, 1.54) is 30.7 Å². The molecule has 3 aromatic rings. The normalized spacial score (nSPS) is 11.3. The van der Waals surface area contributed by atoms with Crippen molar-refractivity contribution in [2.45, 2.75) is 4.90 Å². The van der Waals surface area contributed by atoms with E-state index in [-0.39, 0.29) is 15.6 Å². The Bertz CT molecular complexity index is 1080. The lowest BCUT2D eigenvalue weighted by molar-refractivity contribution is 0.0977. The average molecular weight is 520 g/mol. The molecule has 1 heterocycles. The topological polar surface area (TPSA) is 81.1 Å². The molecule has 6 nitrogen and oxygen atoms in total. The summed E-state index contributed by atoms with van der Waals surface area (Å²) in [7, 11) is -4.10. The molecule has 0 aliphatic carbocycles. The van der Waals surface area contributed by atoms with Gasteiger partial charge in [-0.25, -0.2) is 18.1 Å². The molecule has 3 rings (SSSR count). The minimum atomic E-state index is -4.10. The van der Waals surface area contributed by atoms with E-state index in [0.29, 0.717) is 0 Å². The monoisotopic (exact) mass is 517 g/mol. The Morgan fingerprint density at radius 1 is 1.12 bits per heavy atom. The largest absolute Gasteiger partial charge is 0.305 e. The van der Waals surface area contributed by atoms with Crippen LogP contribution in [0.4, 0.5) is 0 Å². The molecule has 0 aliphatic heterocycles. The summed E-state index contributed by atoms with van der Waals surface area (Å²) in [6.07, 6.45) is 2.86. The van der Waals surface area contributed by atoms with Crippen LogP contribution >= 0.6 is 43.5 Å². The van der Waals surface area contributed by atoms with Gasteiger partial charge in [-0.15, -0.1) is 0 Å². The van der Waals surface area contributed by atoms with Crippen LogP contribution in [0.2, 0.25) is 5.02 Å². The second-order valence-corrected chi connectivity index (χ2v) is 9.05. The molecule has 0 radical (unpaired) electrons. The number of benzene rings is 2. The molecule has 0 aliphatic rings. The van der Waals surface area contributed by atoms with Gasteiger partial charge in [-0.3, -0.25) is 4.79 Å². The van der Waals surface area contributed by atoms with Gasteiger partial charge < -0.3 is 4.57 Å². The van der Waals surface area contributed by atoms with Crippen LogP contribution in [-0.4, -0.2) is 23.9 Å². The van der Waals surface area contributed by atoms with Gasteiger partial charge in [0.05, 0.1) is 5.02 Å². The second-order valence-electron chi connectivity index (χ2n) is 5.16. The van der Waals surface area contributed by atoms with Crippen molar-refractivity contribution in [1.82, 2.24) is 14.3 Å². The van der Waals surface area contributed by atoms with Crippen LogP contribution in [0, 0.1) is 0 Å². The Labute approximate surface area is 171 Å². The Morgan fingerprint density at radius 2 is 1.77 bits per heavy atom. The average Bonchev–Trinajstić information content (AvgIpc) is 3.04. The number of rotatable bonds is 4. The van der Waals surface area contributed by atoms with Gasteiger partial charge in [0.1, 0.15) is 16.9 Å². The van der Waals surface area contributed by atoms with Gasteiger partial charge in [0, 0.05) is 20.8 Å². The number of carbonyl (C=O) groups excluding carboxylic acids is 1.